The fourth-order valence-electron chi connectivity index (χ4n) is 0. The number of rotatable bonds is 0. The van der Waals surface area contributed by atoms with Gasteiger partial charge in [0.1, 0.15) is 0 Å². The maximum Gasteiger partial charge on any atom is 2.00 e. The van der Waals surface area contributed by atoms with Crippen molar-refractivity contribution in [2.45, 2.75) is 0 Å². The summed E-state index contributed by atoms with van der Waals surface area (Å²) in [5, 5.41) is 0. The molecule has 0 amide bonds. The van der Waals surface area contributed by atoms with E-state index in [2.05, 4.69) is 0 Å². The Balaban J connectivity index is 0. The van der Waals surface area contributed by atoms with E-state index in [0.717, 1.165) is 0 Å². The van der Waals surface area contributed by atoms with Gasteiger partial charge in [0.2, 0.25) is 0 Å². The van der Waals surface area contributed by atoms with Crippen LogP contribution in [0.15, 0.2) is 0 Å². The molecule has 0 saturated carbocycles. The SMILES string of the molecule is [Cu+2].[S-2].[S-2].[Sn+2]. The Kier molecular flexibility index (Phi) is 185. The van der Waals surface area contributed by atoms with Gasteiger partial charge in [-0.3, -0.25) is 0 Å². The van der Waals surface area contributed by atoms with Crippen LogP contribution >= 0.6 is 0 Å². The minimum Gasteiger partial charge on any atom is -2.00 e. The maximum atomic E-state index is 0. The summed E-state index contributed by atoms with van der Waals surface area (Å²) in [6.07, 6.45) is 0. The van der Waals surface area contributed by atoms with Crippen LogP contribution in [0.2, 0.25) is 0 Å². The zero-order valence-electron chi connectivity index (χ0n) is 1.62. The molecule has 27 valence electrons. The maximum absolute atomic E-state index is 0. The first-order valence-electron chi connectivity index (χ1n) is 0. The third kappa shape index (κ3) is 8.99. The number of hydrogen-bond donors (Lipinski definition) is 0. The fourth-order valence-corrected chi connectivity index (χ4v) is 0. The van der Waals surface area contributed by atoms with E-state index in [1.165, 1.54) is 0 Å². The van der Waals surface area contributed by atoms with Crippen LogP contribution < -0.4 is 0 Å². The van der Waals surface area contributed by atoms with E-state index in [9.17, 15) is 0 Å². The molecule has 0 aliphatic carbocycles. The molecule has 0 rings (SSSR count). The monoisotopic (exact) mass is 247 g/mol. The average Bonchev–Trinajstić information content (AvgIpc) is 0. The third-order valence-corrected chi connectivity index (χ3v) is 0. The van der Waals surface area contributed by atoms with Gasteiger partial charge in [-0.1, -0.05) is 0 Å². The van der Waals surface area contributed by atoms with Gasteiger partial charge in [0.25, 0.3) is 0 Å². The average molecular weight is 246 g/mol. The summed E-state index contributed by atoms with van der Waals surface area (Å²) in [5.41, 5.74) is 0. The molecule has 0 bridgehead atoms. The van der Waals surface area contributed by atoms with Crippen molar-refractivity contribution in [2.24, 2.45) is 0 Å². The molecular weight excluding hydrogens is 246 g/mol. The number of hydrogen-bond acceptors (Lipinski definition) is 0. The first-order chi connectivity index (χ1) is 0. The Morgan fingerprint density at radius 3 is 0.750 bits per heavy atom. The molecule has 0 aromatic rings. The van der Waals surface area contributed by atoms with Gasteiger partial charge in [-0.2, -0.15) is 0 Å². The van der Waals surface area contributed by atoms with Crippen molar-refractivity contribution in [1.82, 2.24) is 0 Å². The molecule has 0 aliphatic heterocycles. The van der Waals surface area contributed by atoms with Crippen molar-refractivity contribution >= 4 is 50.9 Å². The predicted molar refractivity (Wildman–Crippen MR) is 20.5 cm³/mol. The van der Waals surface area contributed by atoms with Crippen LogP contribution in [0.1, 0.15) is 0 Å². The summed E-state index contributed by atoms with van der Waals surface area (Å²) < 4.78 is 0. The molecule has 0 atom stereocenters. The second-order valence-electron chi connectivity index (χ2n) is 0. The molecule has 0 spiro atoms. The minimum absolute atomic E-state index is 0. The molecule has 0 nitrogen and oxygen atoms in total. The van der Waals surface area contributed by atoms with Gasteiger partial charge in [0.05, 0.1) is 0 Å². The van der Waals surface area contributed by atoms with Gasteiger partial charge in [0.15, 0.2) is 0 Å². The second kappa shape index (κ2) is 19.9. The van der Waals surface area contributed by atoms with Crippen LogP contribution in [-0.2, 0) is 44.1 Å². The van der Waals surface area contributed by atoms with E-state index in [1.807, 2.05) is 0 Å². The van der Waals surface area contributed by atoms with Gasteiger partial charge in [-0.25, -0.2) is 0 Å². The Hall–Kier alpha value is 2.02. The summed E-state index contributed by atoms with van der Waals surface area (Å²) in [4.78, 5) is 0. The van der Waals surface area contributed by atoms with Gasteiger partial charge in [0, 0.05) is 0 Å². The van der Waals surface area contributed by atoms with Gasteiger partial charge >= 0.3 is 41.0 Å². The Morgan fingerprint density at radius 2 is 0.750 bits per heavy atom. The molecular formula is CuS2Sn. The van der Waals surface area contributed by atoms with E-state index >= 15 is 0 Å². The van der Waals surface area contributed by atoms with Gasteiger partial charge in [-0.05, 0) is 0 Å². The summed E-state index contributed by atoms with van der Waals surface area (Å²) in [7, 11) is 0. The van der Waals surface area contributed by atoms with E-state index in [4.69, 9.17) is 0 Å². The smallest absolute Gasteiger partial charge is 2.00 e. The van der Waals surface area contributed by atoms with Gasteiger partial charge < -0.3 is 27.0 Å². The summed E-state index contributed by atoms with van der Waals surface area (Å²) in [5.74, 6) is 0. The topological polar surface area (TPSA) is 0 Å². The molecule has 0 unspecified atom stereocenters. The van der Waals surface area contributed by atoms with Gasteiger partial charge in [-0.15, -0.1) is 0 Å². The normalized spacial score (nSPS) is 0. The molecule has 3 radical (unpaired) electrons. The molecule has 4 heteroatoms. The molecule has 0 aliphatic rings. The Morgan fingerprint density at radius 1 is 0.750 bits per heavy atom. The Bertz CT molecular complexity index is 6.00. The molecule has 0 aromatic carbocycles. The van der Waals surface area contributed by atoms with Crippen molar-refractivity contribution in [3.05, 3.63) is 0 Å². The molecule has 0 aromatic heterocycles. The standard InChI is InChI=1S/Cu.2S.Sn/q+2;2*-2;+2. The van der Waals surface area contributed by atoms with E-state index in [0.29, 0.717) is 0 Å². The van der Waals surface area contributed by atoms with Crippen LogP contribution in [0.3, 0.4) is 0 Å². The predicted octanol–water partition coefficient (Wildman–Crippen LogP) is -0.388. The summed E-state index contributed by atoms with van der Waals surface area (Å²) >= 11 is 0. The first kappa shape index (κ1) is 37.2. The summed E-state index contributed by atoms with van der Waals surface area (Å²) in [6.45, 7) is 0. The van der Waals surface area contributed by atoms with Crippen LogP contribution in [0.4, 0.5) is 0 Å². The van der Waals surface area contributed by atoms with Crippen LogP contribution in [-0.4, -0.2) is 23.9 Å². The third-order valence-electron chi connectivity index (χ3n) is 0. The largest absolute Gasteiger partial charge is 2.00 e. The molecule has 0 heterocycles. The van der Waals surface area contributed by atoms with Crippen molar-refractivity contribution in [3.8, 4) is 0 Å². The van der Waals surface area contributed by atoms with Crippen molar-refractivity contribution in [1.29, 1.82) is 0 Å². The summed E-state index contributed by atoms with van der Waals surface area (Å²) in [6, 6.07) is 0. The quantitative estimate of drug-likeness (QED) is 0.511. The Labute approximate surface area is 67.4 Å². The first-order valence-corrected chi connectivity index (χ1v) is 0. The van der Waals surface area contributed by atoms with Crippen molar-refractivity contribution < 1.29 is 17.1 Å². The van der Waals surface area contributed by atoms with Crippen LogP contribution in [0.5, 0.6) is 0 Å². The zero-order valence-corrected chi connectivity index (χ0v) is 7.05. The second-order valence-corrected chi connectivity index (χ2v) is 0. The van der Waals surface area contributed by atoms with Crippen molar-refractivity contribution in [3.63, 3.8) is 0 Å². The molecule has 0 fully saturated rings. The van der Waals surface area contributed by atoms with Crippen LogP contribution in [0, 0.1) is 0 Å². The van der Waals surface area contributed by atoms with Crippen molar-refractivity contribution in [2.75, 3.05) is 0 Å². The minimum atomic E-state index is 0. The van der Waals surface area contributed by atoms with Crippen LogP contribution in [0.25, 0.3) is 0 Å². The molecule has 0 saturated heterocycles. The molecule has 0 N–H and O–H groups in total. The zero-order chi connectivity index (χ0) is 0. The fraction of sp³-hybridized carbons (Fsp3) is 0. The molecule has 4 heavy (non-hydrogen) atoms. The van der Waals surface area contributed by atoms with E-state index in [1.54, 1.807) is 0 Å². The van der Waals surface area contributed by atoms with E-state index < -0.39 is 0 Å². The van der Waals surface area contributed by atoms with E-state index in [-0.39, 0.29) is 68.0 Å².